The number of para-hydroxylation sites is 1. The number of hydrogen-bond acceptors (Lipinski definition) is 2. The standard InChI is InChI=1S/C17H24N2O2/c1-16(2,3)21-15(20)19-17(4,5)10-12-11-18-14-9-7-6-8-13(12)14/h6-9,11,18H,10H2,1-5H3,(H,19,20). The highest BCUT2D eigenvalue weighted by atomic mass is 16.6. The summed E-state index contributed by atoms with van der Waals surface area (Å²) in [6, 6.07) is 8.17. The van der Waals surface area contributed by atoms with Crippen LogP contribution in [0.3, 0.4) is 0 Å². The van der Waals surface area contributed by atoms with Crippen molar-refractivity contribution < 1.29 is 9.53 Å². The Bertz CT molecular complexity index is 636. The van der Waals surface area contributed by atoms with E-state index in [9.17, 15) is 4.79 Å². The summed E-state index contributed by atoms with van der Waals surface area (Å²) in [7, 11) is 0. The van der Waals surface area contributed by atoms with Crippen LogP contribution in [0.4, 0.5) is 4.79 Å². The molecule has 2 N–H and O–H groups in total. The van der Waals surface area contributed by atoms with E-state index in [1.807, 2.05) is 59.0 Å². The van der Waals surface area contributed by atoms with E-state index < -0.39 is 5.60 Å². The Balaban J connectivity index is 2.08. The summed E-state index contributed by atoms with van der Waals surface area (Å²) in [4.78, 5) is 15.2. The maximum atomic E-state index is 11.9. The van der Waals surface area contributed by atoms with Crippen LogP contribution in [0.1, 0.15) is 40.2 Å². The molecule has 0 aliphatic rings. The molecule has 0 saturated heterocycles. The number of carbonyl (C=O) groups excluding carboxylic acids is 1. The average molecular weight is 288 g/mol. The summed E-state index contributed by atoms with van der Waals surface area (Å²) < 4.78 is 5.32. The Hall–Kier alpha value is -1.97. The van der Waals surface area contributed by atoms with Crippen LogP contribution in [0, 0.1) is 0 Å². The quantitative estimate of drug-likeness (QED) is 0.896. The third kappa shape index (κ3) is 4.25. The molecule has 2 rings (SSSR count). The van der Waals surface area contributed by atoms with E-state index in [0.717, 1.165) is 11.9 Å². The second-order valence-electron chi connectivity index (χ2n) is 7.05. The molecule has 0 aliphatic heterocycles. The topological polar surface area (TPSA) is 54.1 Å². The number of aromatic amines is 1. The minimum atomic E-state index is -0.485. The summed E-state index contributed by atoms with van der Waals surface area (Å²) >= 11 is 0. The van der Waals surface area contributed by atoms with Crippen molar-refractivity contribution >= 4 is 17.0 Å². The van der Waals surface area contributed by atoms with Crippen molar-refractivity contribution in [2.24, 2.45) is 0 Å². The third-order valence-corrected chi connectivity index (χ3v) is 3.15. The molecule has 0 saturated carbocycles. The van der Waals surface area contributed by atoms with E-state index in [2.05, 4.69) is 16.4 Å². The van der Waals surface area contributed by atoms with Crippen LogP contribution in [0.25, 0.3) is 10.9 Å². The van der Waals surface area contributed by atoms with Crippen LogP contribution in [0.5, 0.6) is 0 Å². The van der Waals surface area contributed by atoms with Crippen LogP contribution in [-0.2, 0) is 11.2 Å². The number of hydrogen-bond donors (Lipinski definition) is 2. The van der Waals surface area contributed by atoms with Gasteiger partial charge in [0.2, 0.25) is 0 Å². The zero-order valence-electron chi connectivity index (χ0n) is 13.4. The van der Waals surface area contributed by atoms with Gasteiger partial charge in [0.15, 0.2) is 0 Å². The Morgan fingerprint density at radius 1 is 1.19 bits per heavy atom. The van der Waals surface area contributed by atoms with E-state index >= 15 is 0 Å². The van der Waals surface area contributed by atoms with Gasteiger partial charge in [-0.05, 0) is 52.7 Å². The van der Waals surface area contributed by atoms with Gasteiger partial charge in [-0.2, -0.15) is 0 Å². The maximum absolute atomic E-state index is 11.9. The van der Waals surface area contributed by atoms with Gasteiger partial charge in [0.05, 0.1) is 0 Å². The first-order valence-corrected chi connectivity index (χ1v) is 7.22. The van der Waals surface area contributed by atoms with Crippen molar-refractivity contribution in [1.82, 2.24) is 10.3 Å². The molecule has 0 aliphatic carbocycles. The largest absolute Gasteiger partial charge is 0.444 e. The fraction of sp³-hybridized carbons (Fsp3) is 0.471. The number of nitrogens with one attached hydrogen (secondary N) is 2. The Kier molecular flexibility index (Phi) is 3.99. The number of alkyl carbamates (subject to hydrolysis) is 1. The first-order valence-electron chi connectivity index (χ1n) is 7.22. The second kappa shape index (κ2) is 5.43. The lowest BCUT2D eigenvalue weighted by Gasteiger charge is -2.28. The molecule has 1 heterocycles. The summed E-state index contributed by atoms with van der Waals surface area (Å²) in [5.41, 5.74) is 1.43. The third-order valence-electron chi connectivity index (χ3n) is 3.15. The molecule has 1 aromatic carbocycles. The van der Waals surface area contributed by atoms with E-state index in [-0.39, 0.29) is 11.6 Å². The molecule has 0 radical (unpaired) electrons. The number of fused-ring (bicyclic) bond motifs is 1. The molecule has 2 aromatic rings. The molecule has 1 amide bonds. The fourth-order valence-corrected chi connectivity index (χ4v) is 2.38. The molecule has 4 heteroatoms. The molecule has 1 aromatic heterocycles. The summed E-state index contributed by atoms with van der Waals surface area (Å²) in [5.74, 6) is 0. The van der Waals surface area contributed by atoms with E-state index in [1.54, 1.807) is 0 Å². The Labute approximate surface area is 125 Å². The van der Waals surface area contributed by atoms with Gasteiger partial charge in [-0.1, -0.05) is 18.2 Å². The van der Waals surface area contributed by atoms with Crippen molar-refractivity contribution in [3.8, 4) is 0 Å². The zero-order valence-corrected chi connectivity index (χ0v) is 13.4. The number of aromatic nitrogens is 1. The van der Waals surface area contributed by atoms with Crippen LogP contribution in [0.15, 0.2) is 30.5 Å². The number of benzene rings is 1. The van der Waals surface area contributed by atoms with Gasteiger partial charge in [0.1, 0.15) is 5.60 Å². The van der Waals surface area contributed by atoms with Gasteiger partial charge in [0, 0.05) is 22.6 Å². The number of carbonyl (C=O) groups is 1. The lowest BCUT2D eigenvalue weighted by Crippen LogP contribution is -2.47. The lowest BCUT2D eigenvalue weighted by atomic mass is 9.95. The van der Waals surface area contributed by atoms with E-state index in [1.165, 1.54) is 10.9 Å². The molecule has 0 fully saturated rings. The molecular weight excluding hydrogens is 264 g/mol. The molecule has 114 valence electrons. The molecule has 0 spiro atoms. The number of rotatable bonds is 3. The number of ether oxygens (including phenoxy) is 1. The number of H-pyrrole nitrogens is 1. The average Bonchev–Trinajstić information content (AvgIpc) is 2.68. The van der Waals surface area contributed by atoms with Crippen LogP contribution in [-0.4, -0.2) is 22.2 Å². The van der Waals surface area contributed by atoms with Crippen molar-refractivity contribution in [2.75, 3.05) is 0 Å². The van der Waals surface area contributed by atoms with Gasteiger partial charge in [0.25, 0.3) is 0 Å². The van der Waals surface area contributed by atoms with Crippen molar-refractivity contribution in [1.29, 1.82) is 0 Å². The summed E-state index contributed by atoms with van der Waals surface area (Å²) in [6.45, 7) is 9.58. The predicted molar refractivity (Wildman–Crippen MR) is 85.5 cm³/mol. The smallest absolute Gasteiger partial charge is 0.408 e. The second-order valence-corrected chi connectivity index (χ2v) is 7.05. The maximum Gasteiger partial charge on any atom is 0.408 e. The van der Waals surface area contributed by atoms with Gasteiger partial charge in [-0.3, -0.25) is 0 Å². The van der Waals surface area contributed by atoms with Crippen LogP contribution >= 0.6 is 0 Å². The summed E-state index contributed by atoms with van der Waals surface area (Å²) in [5, 5.41) is 4.13. The van der Waals surface area contributed by atoms with Crippen molar-refractivity contribution in [2.45, 2.75) is 52.2 Å². The monoisotopic (exact) mass is 288 g/mol. The van der Waals surface area contributed by atoms with Crippen molar-refractivity contribution in [3.63, 3.8) is 0 Å². The van der Waals surface area contributed by atoms with Crippen LogP contribution in [0.2, 0.25) is 0 Å². The molecule has 0 unspecified atom stereocenters. The van der Waals surface area contributed by atoms with Crippen molar-refractivity contribution in [3.05, 3.63) is 36.0 Å². The lowest BCUT2D eigenvalue weighted by molar-refractivity contribution is 0.0472. The molecule has 4 nitrogen and oxygen atoms in total. The predicted octanol–water partition coefficient (Wildman–Crippen LogP) is 4.01. The normalized spacial score (nSPS) is 12.4. The highest BCUT2D eigenvalue weighted by Crippen LogP contribution is 2.22. The highest BCUT2D eigenvalue weighted by Gasteiger charge is 2.25. The van der Waals surface area contributed by atoms with Gasteiger partial charge in [-0.25, -0.2) is 4.79 Å². The van der Waals surface area contributed by atoms with Crippen LogP contribution < -0.4 is 5.32 Å². The van der Waals surface area contributed by atoms with Gasteiger partial charge < -0.3 is 15.0 Å². The first kappa shape index (κ1) is 15.4. The number of amides is 1. The minimum Gasteiger partial charge on any atom is -0.444 e. The molecule has 0 atom stereocenters. The van der Waals surface area contributed by atoms with E-state index in [0.29, 0.717) is 0 Å². The molecule has 21 heavy (non-hydrogen) atoms. The Morgan fingerprint density at radius 3 is 2.52 bits per heavy atom. The summed E-state index contributed by atoms with van der Waals surface area (Å²) in [6.07, 6.45) is 2.35. The molecule has 0 bridgehead atoms. The van der Waals surface area contributed by atoms with Gasteiger partial charge in [-0.15, -0.1) is 0 Å². The first-order chi connectivity index (χ1) is 9.66. The Morgan fingerprint density at radius 2 is 1.86 bits per heavy atom. The van der Waals surface area contributed by atoms with E-state index in [4.69, 9.17) is 4.74 Å². The molecular formula is C17H24N2O2. The minimum absolute atomic E-state index is 0.382. The highest BCUT2D eigenvalue weighted by molar-refractivity contribution is 5.83. The zero-order chi connectivity index (χ0) is 15.7. The fourth-order valence-electron chi connectivity index (χ4n) is 2.38. The van der Waals surface area contributed by atoms with Gasteiger partial charge >= 0.3 is 6.09 Å². The SMILES string of the molecule is CC(C)(Cc1c[nH]c2ccccc12)NC(=O)OC(C)(C)C.